The van der Waals surface area contributed by atoms with Crippen LogP contribution in [0.5, 0.6) is 0 Å². The predicted molar refractivity (Wildman–Crippen MR) is 54.9 cm³/mol. The molecule has 92 valence electrons. The van der Waals surface area contributed by atoms with Crippen molar-refractivity contribution in [3.8, 4) is 0 Å². The van der Waals surface area contributed by atoms with Crippen LogP contribution in [0.3, 0.4) is 0 Å². The highest BCUT2D eigenvalue weighted by Crippen LogP contribution is 2.28. The van der Waals surface area contributed by atoms with Crippen molar-refractivity contribution in [1.29, 1.82) is 0 Å². The number of hydrogen-bond acceptors (Lipinski definition) is 4. The van der Waals surface area contributed by atoms with Gasteiger partial charge < -0.3 is 20.3 Å². The molecule has 0 atom stereocenters. The SMILES string of the molecule is O=C(O)COCC(=O)NCC1(O)CCCC1. The molecule has 1 rings (SSSR count). The number of carboxylic acids is 1. The molecule has 0 aromatic carbocycles. The molecule has 0 spiro atoms. The molecule has 0 unspecified atom stereocenters. The first-order valence-corrected chi connectivity index (χ1v) is 5.30. The Labute approximate surface area is 93.6 Å². The van der Waals surface area contributed by atoms with Crippen LogP contribution in [0.25, 0.3) is 0 Å². The lowest BCUT2D eigenvalue weighted by atomic mass is 10.0. The van der Waals surface area contributed by atoms with Gasteiger partial charge in [-0.25, -0.2) is 4.79 Å². The quantitative estimate of drug-likeness (QED) is 0.573. The lowest BCUT2D eigenvalue weighted by Crippen LogP contribution is -2.42. The average Bonchev–Trinajstić information content (AvgIpc) is 2.62. The number of aliphatic carboxylic acids is 1. The summed E-state index contributed by atoms with van der Waals surface area (Å²) < 4.78 is 4.61. The van der Waals surface area contributed by atoms with Crippen LogP contribution in [0.2, 0.25) is 0 Å². The molecule has 1 amide bonds. The topological polar surface area (TPSA) is 95.9 Å². The van der Waals surface area contributed by atoms with Crippen LogP contribution < -0.4 is 5.32 Å². The van der Waals surface area contributed by atoms with E-state index in [0.717, 1.165) is 12.8 Å². The van der Waals surface area contributed by atoms with Crippen LogP contribution in [0.4, 0.5) is 0 Å². The van der Waals surface area contributed by atoms with Gasteiger partial charge in [-0.05, 0) is 12.8 Å². The van der Waals surface area contributed by atoms with E-state index in [2.05, 4.69) is 10.1 Å². The van der Waals surface area contributed by atoms with E-state index in [1.54, 1.807) is 0 Å². The summed E-state index contributed by atoms with van der Waals surface area (Å²) in [5, 5.41) is 20.7. The van der Waals surface area contributed by atoms with E-state index in [0.29, 0.717) is 12.8 Å². The highest BCUT2D eigenvalue weighted by Gasteiger charge is 2.31. The minimum absolute atomic E-state index is 0.211. The minimum atomic E-state index is -1.11. The first-order valence-electron chi connectivity index (χ1n) is 5.30. The van der Waals surface area contributed by atoms with Gasteiger partial charge in [0.2, 0.25) is 5.91 Å². The molecule has 0 aromatic heterocycles. The minimum Gasteiger partial charge on any atom is -0.480 e. The van der Waals surface area contributed by atoms with Crippen LogP contribution in [-0.2, 0) is 14.3 Å². The van der Waals surface area contributed by atoms with Gasteiger partial charge in [0.05, 0.1) is 5.60 Å². The number of carbonyl (C=O) groups is 2. The molecular formula is C10H17NO5. The van der Waals surface area contributed by atoms with Gasteiger partial charge in [0.1, 0.15) is 13.2 Å². The highest BCUT2D eigenvalue weighted by molar-refractivity contribution is 5.77. The van der Waals surface area contributed by atoms with E-state index < -0.39 is 24.1 Å². The molecule has 0 saturated heterocycles. The van der Waals surface area contributed by atoms with Gasteiger partial charge >= 0.3 is 5.97 Å². The van der Waals surface area contributed by atoms with Crippen molar-refractivity contribution in [3.63, 3.8) is 0 Å². The number of rotatable bonds is 6. The van der Waals surface area contributed by atoms with E-state index in [4.69, 9.17) is 5.11 Å². The van der Waals surface area contributed by atoms with Crippen molar-refractivity contribution < 1.29 is 24.5 Å². The summed E-state index contributed by atoms with van der Waals surface area (Å²) in [6.45, 7) is -0.567. The van der Waals surface area contributed by atoms with Gasteiger partial charge in [0.25, 0.3) is 0 Å². The smallest absolute Gasteiger partial charge is 0.329 e. The molecular weight excluding hydrogens is 214 g/mol. The van der Waals surface area contributed by atoms with Crippen LogP contribution in [0.1, 0.15) is 25.7 Å². The Kier molecular flexibility index (Phi) is 4.70. The Bertz CT molecular complexity index is 260. The van der Waals surface area contributed by atoms with Gasteiger partial charge in [0, 0.05) is 6.54 Å². The first kappa shape index (κ1) is 12.9. The van der Waals surface area contributed by atoms with Gasteiger partial charge in [-0.15, -0.1) is 0 Å². The average molecular weight is 231 g/mol. The molecule has 0 aliphatic heterocycles. The highest BCUT2D eigenvalue weighted by atomic mass is 16.5. The number of ether oxygens (including phenoxy) is 1. The molecule has 3 N–H and O–H groups in total. The van der Waals surface area contributed by atoms with Gasteiger partial charge in [-0.3, -0.25) is 4.79 Å². The lowest BCUT2D eigenvalue weighted by molar-refractivity contribution is -0.143. The maximum atomic E-state index is 11.2. The summed E-state index contributed by atoms with van der Waals surface area (Å²) >= 11 is 0. The van der Waals surface area contributed by atoms with Crippen molar-refractivity contribution in [2.24, 2.45) is 0 Å². The molecule has 6 nitrogen and oxygen atoms in total. The predicted octanol–water partition coefficient (Wildman–Crippen LogP) is -0.491. The van der Waals surface area contributed by atoms with Crippen molar-refractivity contribution >= 4 is 11.9 Å². The van der Waals surface area contributed by atoms with E-state index in [1.807, 2.05) is 0 Å². The van der Waals surface area contributed by atoms with Gasteiger partial charge in [-0.2, -0.15) is 0 Å². The monoisotopic (exact) mass is 231 g/mol. The number of amides is 1. The first-order chi connectivity index (χ1) is 7.52. The Morgan fingerprint density at radius 3 is 2.44 bits per heavy atom. The maximum absolute atomic E-state index is 11.2. The van der Waals surface area contributed by atoms with E-state index >= 15 is 0 Å². The van der Waals surface area contributed by atoms with Crippen LogP contribution >= 0.6 is 0 Å². The summed E-state index contributed by atoms with van der Waals surface area (Å²) in [4.78, 5) is 21.3. The molecule has 1 fully saturated rings. The van der Waals surface area contributed by atoms with Crippen LogP contribution in [0, 0.1) is 0 Å². The van der Waals surface area contributed by atoms with E-state index in [1.165, 1.54) is 0 Å². The third-order valence-electron chi connectivity index (χ3n) is 2.61. The third-order valence-corrected chi connectivity index (χ3v) is 2.61. The molecule has 1 aliphatic carbocycles. The Hall–Kier alpha value is -1.14. The molecule has 0 aromatic rings. The number of aliphatic hydroxyl groups is 1. The molecule has 1 saturated carbocycles. The zero-order valence-corrected chi connectivity index (χ0v) is 9.07. The number of carboxylic acid groups (broad SMARTS) is 1. The molecule has 0 heterocycles. The third kappa shape index (κ3) is 4.59. The summed E-state index contributed by atoms with van der Waals surface area (Å²) in [6.07, 6.45) is 3.34. The van der Waals surface area contributed by atoms with Gasteiger partial charge in [-0.1, -0.05) is 12.8 Å². The molecule has 16 heavy (non-hydrogen) atoms. The van der Waals surface area contributed by atoms with Crippen LogP contribution in [0.15, 0.2) is 0 Å². The Balaban J connectivity index is 2.12. The summed E-state index contributed by atoms with van der Waals surface area (Å²) in [7, 11) is 0. The fourth-order valence-corrected chi connectivity index (χ4v) is 1.76. The number of nitrogens with one attached hydrogen (secondary N) is 1. The standard InChI is InChI=1S/C10H17NO5/c12-8(5-16-6-9(13)14)11-7-10(15)3-1-2-4-10/h15H,1-7H2,(H,11,12)(H,13,14). The second-order valence-electron chi connectivity index (χ2n) is 4.09. The molecule has 0 radical (unpaired) electrons. The Morgan fingerprint density at radius 2 is 1.88 bits per heavy atom. The summed E-state index contributed by atoms with van der Waals surface area (Å²) in [5.74, 6) is -1.51. The molecule has 0 bridgehead atoms. The van der Waals surface area contributed by atoms with Crippen molar-refractivity contribution in [1.82, 2.24) is 5.32 Å². The van der Waals surface area contributed by atoms with E-state index in [-0.39, 0.29) is 13.2 Å². The number of hydrogen-bond donors (Lipinski definition) is 3. The number of carbonyl (C=O) groups excluding carboxylic acids is 1. The van der Waals surface area contributed by atoms with E-state index in [9.17, 15) is 14.7 Å². The molecule has 1 aliphatic rings. The maximum Gasteiger partial charge on any atom is 0.329 e. The van der Waals surface area contributed by atoms with Crippen molar-refractivity contribution in [3.05, 3.63) is 0 Å². The second kappa shape index (κ2) is 5.81. The Morgan fingerprint density at radius 1 is 1.25 bits per heavy atom. The fraction of sp³-hybridized carbons (Fsp3) is 0.800. The normalized spacial score (nSPS) is 18.3. The lowest BCUT2D eigenvalue weighted by Gasteiger charge is -2.22. The fourth-order valence-electron chi connectivity index (χ4n) is 1.76. The van der Waals surface area contributed by atoms with Gasteiger partial charge in [0.15, 0.2) is 0 Å². The van der Waals surface area contributed by atoms with Crippen LogP contribution in [-0.4, -0.2) is 47.4 Å². The largest absolute Gasteiger partial charge is 0.480 e. The van der Waals surface area contributed by atoms with Crippen molar-refractivity contribution in [2.75, 3.05) is 19.8 Å². The summed E-state index contributed by atoms with van der Waals surface area (Å²) in [6, 6.07) is 0. The summed E-state index contributed by atoms with van der Waals surface area (Å²) in [5.41, 5.74) is -0.789. The zero-order valence-electron chi connectivity index (χ0n) is 9.07. The molecule has 6 heteroatoms. The van der Waals surface area contributed by atoms with Crippen molar-refractivity contribution in [2.45, 2.75) is 31.3 Å². The second-order valence-corrected chi connectivity index (χ2v) is 4.09. The zero-order chi connectivity index (χ0) is 12.0.